The van der Waals surface area contributed by atoms with E-state index in [1.807, 2.05) is 6.92 Å². The molecule has 90 valence electrons. The van der Waals surface area contributed by atoms with Crippen molar-refractivity contribution in [1.29, 1.82) is 0 Å². The zero-order valence-electron chi connectivity index (χ0n) is 8.90. The van der Waals surface area contributed by atoms with Crippen LogP contribution in [-0.2, 0) is 9.84 Å². The number of halogens is 1. The van der Waals surface area contributed by atoms with Crippen LogP contribution in [-0.4, -0.2) is 30.9 Å². The molecule has 1 aromatic heterocycles. The molecule has 8 heteroatoms. The quantitative estimate of drug-likeness (QED) is 0.892. The van der Waals surface area contributed by atoms with Crippen LogP contribution in [0.3, 0.4) is 0 Å². The number of nitrogens with zero attached hydrogens (tertiary/aromatic N) is 2. The molecule has 1 N–H and O–H groups in total. The van der Waals surface area contributed by atoms with Crippen molar-refractivity contribution in [3.63, 3.8) is 0 Å². The van der Waals surface area contributed by atoms with Gasteiger partial charge in [-0.25, -0.2) is 8.42 Å². The van der Waals surface area contributed by atoms with E-state index in [1.54, 1.807) is 6.92 Å². The molecule has 1 rings (SSSR count). The Bertz CT molecular complexity index is 477. The lowest BCUT2D eigenvalue weighted by molar-refractivity contribution is 0.597. The number of rotatable bonds is 5. The molecule has 0 aliphatic carbocycles. The molecular formula is C8H12ClN3O2S2. The van der Waals surface area contributed by atoms with Gasteiger partial charge < -0.3 is 5.32 Å². The molecule has 0 aromatic carbocycles. The van der Waals surface area contributed by atoms with Crippen molar-refractivity contribution in [2.24, 2.45) is 0 Å². The van der Waals surface area contributed by atoms with E-state index in [0.29, 0.717) is 16.7 Å². The van der Waals surface area contributed by atoms with E-state index in [0.717, 1.165) is 11.3 Å². The molecule has 1 aromatic rings. The van der Waals surface area contributed by atoms with Crippen LogP contribution in [0.25, 0.3) is 0 Å². The fraction of sp³-hybridized carbons (Fsp3) is 0.500. The van der Waals surface area contributed by atoms with Crippen molar-refractivity contribution in [2.45, 2.75) is 18.2 Å². The molecule has 0 saturated carbocycles. The minimum absolute atomic E-state index is 0.0117. The second kappa shape index (κ2) is 5.60. The van der Waals surface area contributed by atoms with Gasteiger partial charge in [-0.3, -0.25) is 0 Å². The molecule has 0 radical (unpaired) electrons. The molecular weight excluding hydrogens is 270 g/mol. The number of nitrogens with one attached hydrogen (secondary N) is 1. The standard InChI is InChI=1S/C8H12ClN3O2S2/c1-3-10-7-11-12-8(15-7)16(13,14)5-4-6(2)9/h4H,3,5H2,1-2H3,(H,10,11). The number of hydrogen-bond donors (Lipinski definition) is 1. The van der Waals surface area contributed by atoms with E-state index in [2.05, 4.69) is 15.5 Å². The van der Waals surface area contributed by atoms with Gasteiger partial charge in [0, 0.05) is 11.6 Å². The van der Waals surface area contributed by atoms with Gasteiger partial charge >= 0.3 is 0 Å². The highest BCUT2D eigenvalue weighted by atomic mass is 35.5. The fourth-order valence-corrected chi connectivity index (χ4v) is 3.29. The van der Waals surface area contributed by atoms with E-state index >= 15 is 0 Å². The smallest absolute Gasteiger partial charge is 0.234 e. The van der Waals surface area contributed by atoms with Crippen molar-refractivity contribution in [1.82, 2.24) is 10.2 Å². The average molecular weight is 282 g/mol. The number of hydrogen-bond acceptors (Lipinski definition) is 6. The Morgan fingerprint density at radius 2 is 2.25 bits per heavy atom. The summed E-state index contributed by atoms with van der Waals surface area (Å²) >= 11 is 6.60. The van der Waals surface area contributed by atoms with E-state index in [4.69, 9.17) is 11.6 Å². The molecule has 16 heavy (non-hydrogen) atoms. The fourth-order valence-electron chi connectivity index (χ4n) is 0.854. The molecule has 1 heterocycles. The maximum absolute atomic E-state index is 11.7. The van der Waals surface area contributed by atoms with Crippen LogP contribution < -0.4 is 5.32 Å². The van der Waals surface area contributed by atoms with Crippen LogP contribution in [0.4, 0.5) is 5.13 Å². The largest absolute Gasteiger partial charge is 0.360 e. The maximum atomic E-state index is 11.7. The minimum Gasteiger partial charge on any atom is -0.360 e. The Labute approximate surface area is 103 Å². The van der Waals surface area contributed by atoms with E-state index in [1.165, 1.54) is 6.08 Å². The number of allylic oxidation sites excluding steroid dienone is 1. The van der Waals surface area contributed by atoms with Crippen LogP contribution in [0.15, 0.2) is 15.4 Å². The predicted octanol–water partition coefficient (Wildman–Crippen LogP) is 1.89. The van der Waals surface area contributed by atoms with Crippen molar-refractivity contribution in [3.05, 3.63) is 11.1 Å². The average Bonchev–Trinajstić information content (AvgIpc) is 2.65. The lowest BCUT2D eigenvalue weighted by atomic mass is 10.6. The maximum Gasteiger partial charge on any atom is 0.234 e. The lowest BCUT2D eigenvalue weighted by Crippen LogP contribution is -2.04. The zero-order chi connectivity index (χ0) is 12.2. The highest BCUT2D eigenvalue weighted by molar-refractivity contribution is 7.93. The summed E-state index contributed by atoms with van der Waals surface area (Å²) in [5.74, 6) is -0.150. The molecule has 0 atom stereocenters. The van der Waals surface area contributed by atoms with Crippen molar-refractivity contribution >= 4 is 37.9 Å². The molecule has 0 saturated heterocycles. The van der Waals surface area contributed by atoms with Gasteiger partial charge in [0.15, 0.2) is 0 Å². The van der Waals surface area contributed by atoms with Gasteiger partial charge in [-0.05, 0) is 13.8 Å². The first-order chi connectivity index (χ1) is 7.45. The summed E-state index contributed by atoms with van der Waals surface area (Å²) < 4.78 is 23.5. The lowest BCUT2D eigenvalue weighted by Gasteiger charge is -1.94. The Morgan fingerprint density at radius 1 is 1.56 bits per heavy atom. The highest BCUT2D eigenvalue weighted by Gasteiger charge is 2.18. The van der Waals surface area contributed by atoms with Crippen LogP contribution in [0.2, 0.25) is 0 Å². The summed E-state index contributed by atoms with van der Waals surface area (Å²) in [5.41, 5.74) is 0. The Hall–Kier alpha value is -0.660. The van der Waals surface area contributed by atoms with Gasteiger partial charge in [0.1, 0.15) is 0 Å². The summed E-state index contributed by atoms with van der Waals surface area (Å²) in [4.78, 5) is 0. The molecule has 5 nitrogen and oxygen atoms in total. The zero-order valence-corrected chi connectivity index (χ0v) is 11.3. The monoisotopic (exact) mass is 281 g/mol. The first-order valence-electron chi connectivity index (χ1n) is 4.58. The first kappa shape index (κ1) is 13.4. The van der Waals surface area contributed by atoms with E-state index in [9.17, 15) is 8.42 Å². The van der Waals surface area contributed by atoms with Crippen LogP contribution in [0.1, 0.15) is 13.8 Å². The van der Waals surface area contributed by atoms with Gasteiger partial charge in [-0.1, -0.05) is 29.0 Å². The van der Waals surface area contributed by atoms with Crippen molar-refractivity contribution in [3.8, 4) is 0 Å². The second-order valence-corrected chi connectivity index (χ2v) is 6.76. The molecule has 0 fully saturated rings. The molecule has 0 aliphatic heterocycles. The number of aromatic nitrogens is 2. The topological polar surface area (TPSA) is 72.0 Å². The number of anilines is 1. The Balaban J connectivity index is 2.86. The first-order valence-corrected chi connectivity index (χ1v) is 7.42. The molecule has 0 amide bonds. The minimum atomic E-state index is -3.41. The van der Waals surface area contributed by atoms with Crippen molar-refractivity contribution < 1.29 is 8.42 Å². The normalized spacial score (nSPS) is 12.8. The second-order valence-electron chi connectivity index (χ2n) is 2.98. The third kappa shape index (κ3) is 3.73. The molecule has 0 bridgehead atoms. The molecule has 0 unspecified atom stereocenters. The third-order valence-electron chi connectivity index (χ3n) is 1.58. The van der Waals surface area contributed by atoms with Gasteiger partial charge in [-0.2, -0.15) is 0 Å². The van der Waals surface area contributed by atoms with Crippen molar-refractivity contribution in [2.75, 3.05) is 17.6 Å². The van der Waals surface area contributed by atoms with Crippen LogP contribution in [0, 0.1) is 0 Å². The summed E-state index contributed by atoms with van der Waals surface area (Å²) in [6.07, 6.45) is 1.44. The van der Waals surface area contributed by atoms with Crippen LogP contribution in [0.5, 0.6) is 0 Å². The Kier molecular flexibility index (Phi) is 4.69. The van der Waals surface area contributed by atoms with E-state index < -0.39 is 9.84 Å². The third-order valence-corrected chi connectivity index (χ3v) is 4.65. The predicted molar refractivity (Wildman–Crippen MR) is 65.7 cm³/mol. The van der Waals surface area contributed by atoms with E-state index in [-0.39, 0.29) is 10.1 Å². The summed E-state index contributed by atoms with van der Waals surface area (Å²) in [6, 6.07) is 0. The summed E-state index contributed by atoms with van der Waals surface area (Å²) in [7, 11) is -3.41. The van der Waals surface area contributed by atoms with Gasteiger partial charge in [0.2, 0.25) is 19.3 Å². The summed E-state index contributed by atoms with van der Waals surface area (Å²) in [5, 5.41) is 11.2. The number of sulfone groups is 1. The Morgan fingerprint density at radius 3 is 2.81 bits per heavy atom. The highest BCUT2D eigenvalue weighted by Crippen LogP contribution is 2.21. The summed E-state index contributed by atoms with van der Waals surface area (Å²) in [6.45, 7) is 4.20. The van der Waals surface area contributed by atoms with Gasteiger partial charge in [0.25, 0.3) is 0 Å². The molecule has 0 aliphatic rings. The van der Waals surface area contributed by atoms with Crippen LogP contribution >= 0.6 is 22.9 Å². The van der Waals surface area contributed by atoms with Gasteiger partial charge in [0.05, 0.1) is 5.75 Å². The SMILES string of the molecule is CCNc1nnc(S(=O)(=O)CC=C(C)Cl)s1. The van der Waals surface area contributed by atoms with Gasteiger partial charge in [-0.15, -0.1) is 10.2 Å². The molecule has 0 spiro atoms.